The van der Waals surface area contributed by atoms with Gasteiger partial charge in [0, 0.05) is 5.92 Å². The molecule has 0 radical (unpaired) electrons. The number of carbonyl (C=O) groups excluding carboxylic acids is 1. The van der Waals surface area contributed by atoms with E-state index >= 15 is 0 Å². The molecule has 1 nitrogen and oxygen atoms in total. The maximum absolute atomic E-state index is 10.7. The van der Waals surface area contributed by atoms with Crippen LogP contribution in [0.25, 0.3) is 0 Å². The van der Waals surface area contributed by atoms with Crippen LogP contribution < -0.4 is 0 Å². The number of allylic oxidation sites excluding steroid dienone is 2. The summed E-state index contributed by atoms with van der Waals surface area (Å²) in [5, 5.41) is -0.137. The Morgan fingerprint density at radius 1 is 1.60 bits per heavy atom. The van der Waals surface area contributed by atoms with Gasteiger partial charge in [0.1, 0.15) is 0 Å². The molecule has 1 saturated carbocycles. The lowest BCUT2D eigenvalue weighted by atomic mass is 10.1. The average molecular weight is 157 g/mol. The first kappa shape index (κ1) is 6.41. The summed E-state index contributed by atoms with van der Waals surface area (Å²) >= 11 is 5.38. The summed E-state index contributed by atoms with van der Waals surface area (Å²) in [4.78, 5) is 10.7. The number of carbonyl (C=O) groups is 1. The van der Waals surface area contributed by atoms with Crippen molar-refractivity contribution >= 4 is 16.8 Å². The van der Waals surface area contributed by atoms with Crippen LogP contribution in [0.2, 0.25) is 0 Å². The van der Waals surface area contributed by atoms with E-state index in [1.807, 2.05) is 0 Å². The van der Waals surface area contributed by atoms with Crippen LogP contribution in [0.1, 0.15) is 12.8 Å². The second-order valence-electron chi connectivity index (χ2n) is 3.08. The number of hydrogen-bond acceptors (Lipinski definition) is 1. The number of hydrogen-bond donors (Lipinski definition) is 0. The predicted molar refractivity (Wildman–Crippen MR) is 39.7 cm³/mol. The Morgan fingerprint density at radius 3 is 2.90 bits per heavy atom. The molecule has 1 fully saturated rings. The molecule has 0 bridgehead atoms. The SMILES string of the molecule is O=C(Cl)C1C2C=CCCC21. The molecule has 0 aromatic carbocycles. The van der Waals surface area contributed by atoms with Crippen LogP contribution in [-0.2, 0) is 4.79 Å². The Hall–Kier alpha value is -0.300. The minimum absolute atomic E-state index is 0.137. The lowest BCUT2D eigenvalue weighted by Crippen LogP contribution is -1.91. The standard InChI is InChI=1S/C8H9ClO/c9-8(10)7-5-3-1-2-4-6(5)7/h1,3,5-7H,2,4H2. The number of rotatable bonds is 1. The molecule has 2 aliphatic carbocycles. The Kier molecular flexibility index (Phi) is 1.34. The van der Waals surface area contributed by atoms with E-state index < -0.39 is 0 Å². The molecule has 2 heteroatoms. The summed E-state index contributed by atoms with van der Waals surface area (Å²) in [6.07, 6.45) is 6.58. The Labute approximate surface area is 65.1 Å². The quantitative estimate of drug-likeness (QED) is 0.419. The summed E-state index contributed by atoms with van der Waals surface area (Å²) in [6, 6.07) is 0. The molecule has 0 spiro atoms. The van der Waals surface area contributed by atoms with Crippen molar-refractivity contribution in [1.29, 1.82) is 0 Å². The molecule has 0 aromatic heterocycles. The molecular formula is C8H9ClO. The molecule has 10 heavy (non-hydrogen) atoms. The third-order valence-corrected chi connectivity index (χ3v) is 2.77. The molecule has 3 atom stereocenters. The Morgan fingerprint density at radius 2 is 2.40 bits per heavy atom. The molecule has 2 aliphatic rings. The van der Waals surface area contributed by atoms with E-state index in [0.29, 0.717) is 11.8 Å². The van der Waals surface area contributed by atoms with E-state index in [1.165, 1.54) is 0 Å². The molecule has 0 saturated heterocycles. The second kappa shape index (κ2) is 2.09. The van der Waals surface area contributed by atoms with Crippen molar-refractivity contribution in [3.63, 3.8) is 0 Å². The van der Waals surface area contributed by atoms with E-state index in [2.05, 4.69) is 12.2 Å². The maximum Gasteiger partial charge on any atom is 0.225 e. The van der Waals surface area contributed by atoms with Crippen molar-refractivity contribution in [3.05, 3.63) is 12.2 Å². The third-order valence-electron chi connectivity index (χ3n) is 2.52. The fraction of sp³-hybridized carbons (Fsp3) is 0.625. The zero-order valence-corrected chi connectivity index (χ0v) is 6.34. The van der Waals surface area contributed by atoms with Crippen LogP contribution in [0.5, 0.6) is 0 Å². The second-order valence-corrected chi connectivity index (χ2v) is 3.45. The van der Waals surface area contributed by atoms with E-state index in [4.69, 9.17) is 11.6 Å². The Balaban J connectivity index is 2.08. The summed E-state index contributed by atoms with van der Waals surface area (Å²) in [7, 11) is 0. The highest BCUT2D eigenvalue weighted by Crippen LogP contribution is 2.53. The van der Waals surface area contributed by atoms with E-state index in [-0.39, 0.29) is 11.2 Å². The molecular weight excluding hydrogens is 148 g/mol. The van der Waals surface area contributed by atoms with Crippen LogP contribution in [0.4, 0.5) is 0 Å². The van der Waals surface area contributed by atoms with Gasteiger partial charge in [-0.05, 0) is 36.3 Å². The van der Waals surface area contributed by atoms with E-state index in [1.54, 1.807) is 0 Å². The smallest absolute Gasteiger partial charge is 0.225 e. The summed E-state index contributed by atoms with van der Waals surface area (Å²) < 4.78 is 0. The minimum atomic E-state index is -0.137. The molecule has 54 valence electrons. The summed E-state index contributed by atoms with van der Waals surface area (Å²) in [6.45, 7) is 0. The van der Waals surface area contributed by atoms with Gasteiger partial charge in [0.25, 0.3) is 0 Å². The third kappa shape index (κ3) is 0.807. The molecule has 0 amide bonds. The van der Waals surface area contributed by atoms with Gasteiger partial charge in [0.05, 0.1) is 0 Å². The zero-order valence-electron chi connectivity index (χ0n) is 5.59. The van der Waals surface area contributed by atoms with Gasteiger partial charge in [-0.15, -0.1) is 0 Å². The molecule has 0 aliphatic heterocycles. The van der Waals surface area contributed by atoms with Crippen molar-refractivity contribution in [1.82, 2.24) is 0 Å². The predicted octanol–water partition coefficient (Wildman–Crippen LogP) is 1.96. The van der Waals surface area contributed by atoms with Gasteiger partial charge >= 0.3 is 0 Å². The number of halogens is 1. The first-order valence-corrected chi connectivity index (χ1v) is 4.04. The molecule has 3 unspecified atom stereocenters. The molecule has 0 N–H and O–H groups in total. The van der Waals surface area contributed by atoms with Crippen LogP contribution >= 0.6 is 11.6 Å². The molecule has 0 aromatic rings. The maximum atomic E-state index is 10.7. The highest BCUT2D eigenvalue weighted by Gasteiger charge is 2.52. The van der Waals surface area contributed by atoms with Gasteiger partial charge in [0.15, 0.2) is 0 Å². The lowest BCUT2D eigenvalue weighted by Gasteiger charge is -1.96. The van der Waals surface area contributed by atoms with Gasteiger partial charge in [-0.3, -0.25) is 4.79 Å². The van der Waals surface area contributed by atoms with Crippen LogP contribution in [-0.4, -0.2) is 5.24 Å². The van der Waals surface area contributed by atoms with E-state index in [0.717, 1.165) is 12.8 Å². The number of fused-ring (bicyclic) bond motifs is 1. The lowest BCUT2D eigenvalue weighted by molar-refractivity contribution is -0.113. The van der Waals surface area contributed by atoms with Crippen molar-refractivity contribution in [3.8, 4) is 0 Å². The average Bonchev–Trinajstić information content (AvgIpc) is 2.60. The van der Waals surface area contributed by atoms with Crippen LogP contribution in [0.15, 0.2) is 12.2 Å². The highest BCUT2D eigenvalue weighted by atomic mass is 35.5. The Bertz CT molecular complexity index is 197. The fourth-order valence-corrected chi connectivity index (χ4v) is 2.20. The van der Waals surface area contributed by atoms with Gasteiger partial charge < -0.3 is 0 Å². The topological polar surface area (TPSA) is 17.1 Å². The molecule has 0 heterocycles. The highest BCUT2D eigenvalue weighted by molar-refractivity contribution is 6.64. The summed E-state index contributed by atoms with van der Waals surface area (Å²) in [5.41, 5.74) is 0. The minimum Gasteiger partial charge on any atom is -0.281 e. The van der Waals surface area contributed by atoms with Gasteiger partial charge in [-0.2, -0.15) is 0 Å². The first-order valence-electron chi connectivity index (χ1n) is 3.66. The first-order chi connectivity index (χ1) is 4.80. The zero-order chi connectivity index (χ0) is 7.14. The van der Waals surface area contributed by atoms with Gasteiger partial charge in [-0.1, -0.05) is 12.2 Å². The molecule has 2 rings (SSSR count). The van der Waals surface area contributed by atoms with Gasteiger partial charge in [0.2, 0.25) is 5.24 Å². The van der Waals surface area contributed by atoms with E-state index in [9.17, 15) is 4.79 Å². The largest absolute Gasteiger partial charge is 0.281 e. The van der Waals surface area contributed by atoms with Crippen LogP contribution in [0.3, 0.4) is 0 Å². The normalized spacial score (nSPS) is 42.7. The van der Waals surface area contributed by atoms with Crippen LogP contribution in [0, 0.1) is 17.8 Å². The van der Waals surface area contributed by atoms with Crippen molar-refractivity contribution in [2.45, 2.75) is 12.8 Å². The monoisotopic (exact) mass is 156 g/mol. The van der Waals surface area contributed by atoms with Crippen molar-refractivity contribution < 1.29 is 4.79 Å². The van der Waals surface area contributed by atoms with Gasteiger partial charge in [-0.25, -0.2) is 0 Å². The van der Waals surface area contributed by atoms with Crippen molar-refractivity contribution in [2.24, 2.45) is 17.8 Å². The summed E-state index contributed by atoms with van der Waals surface area (Å²) in [5.74, 6) is 1.26. The van der Waals surface area contributed by atoms with Crippen molar-refractivity contribution in [2.75, 3.05) is 0 Å². The fourth-order valence-electron chi connectivity index (χ4n) is 1.90.